The largest absolute Gasteiger partial charge is 0.383 e. The van der Waals surface area contributed by atoms with Gasteiger partial charge in [-0.1, -0.05) is 55.8 Å². The lowest BCUT2D eigenvalue weighted by atomic mass is 9.93. The molecule has 0 spiro atoms. The molecule has 0 aliphatic rings. The van der Waals surface area contributed by atoms with E-state index in [4.69, 9.17) is 10.7 Å². The summed E-state index contributed by atoms with van der Waals surface area (Å²) in [7, 11) is 0. The molecular weight excluding hydrogens is 268 g/mol. The van der Waals surface area contributed by atoms with E-state index in [1.54, 1.807) is 0 Å². The van der Waals surface area contributed by atoms with E-state index in [1.165, 1.54) is 22.3 Å². The van der Waals surface area contributed by atoms with E-state index in [2.05, 4.69) is 65.0 Å². The van der Waals surface area contributed by atoms with E-state index in [9.17, 15) is 0 Å². The Balaban J connectivity index is 2.51. The van der Waals surface area contributed by atoms with Gasteiger partial charge in [-0.25, -0.2) is 4.99 Å². The van der Waals surface area contributed by atoms with Gasteiger partial charge in [-0.2, -0.15) is 0 Å². The van der Waals surface area contributed by atoms with Crippen LogP contribution in [0.1, 0.15) is 54.0 Å². The number of nitrogens with two attached hydrogens (primary N) is 1. The average molecular weight is 294 g/mol. The van der Waals surface area contributed by atoms with Gasteiger partial charge in [0.1, 0.15) is 5.84 Å². The van der Waals surface area contributed by atoms with Gasteiger partial charge in [-0.3, -0.25) is 0 Å². The second-order valence-electron chi connectivity index (χ2n) is 6.14. The minimum absolute atomic E-state index is 0.477. The van der Waals surface area contributed by atoms with Crippen LogP contribution in [0.4, 0.5) is 5.69 Å². The molecule has 22 heavy (non-hydrogen) atoms. The van der Waals surface area contributed by atoms with E-state index >= 15 is 0 Å². The topological polar surface area (TPSA) is 38.4 Å². The quantitative estimate of drug-likeness (QED) is 0.613. The number of nitrogens with zero attached hydrogens (tertiary/aromatic N) is 1. The number of benzene rings is 2. The molecule has 0 fully saturated rings. The molecule has 1 unspecified atom stereocenters. The normalized spacial score (nSPS) is 13.2. The zero-order valence-electron chi connectivity index (χ0n) is 14.3. The Kier molecular flexibility index (Phi) is 5.02. The third-order valence-electron chi connectivity index (χ3n) is 4.25. The zero-order chi connectivity index (χ0) is 16.3. The van der Waals surface area contributed by atoms with Crippen LogP contribution in [0.2, 0.25) is 0 Å². The van der Waals surface area contributed by atoms with Crippen LogP contribution >= 0.6 is 0 Å². The summed E-state index contributed by atoms with van der Waals surface area (Å²) < 4.78 is 0. The highest BCUT2D eigenvalue weighted by Crippen LogP contribution is 2.27. The standard InChI is InChI=1S/C20H26N2/c1-6-14(3)17-9-7-8-10-18(17)20(21)22-19-15(4)11-13(2)12-16(19)5/h7-12,14H,6H2,1-5H3,(H2,21,22). The van der Waals surface area contributed by atoms with Gasteiger partial charge in [0.2, 0.25) is 0 Å². The number of hydrogen-bond donors (Lipinski definition) is 1. The molecule has 2 aromatic carbocycles. The fraction of sp³-hybridized carbons (Fsp3) is 0.350. The summed E-state index contributed by atoms with van der Waals surface area (Å²) in [4.78, 5) is 4.74. The third-order valence-corrected chi connectivity index (χ3v) is 4.25. The summed E-state index contributed by atoms with van der Waals surface area (Å²) in [6.45, 7) is 10.7. The first-order chi connectivity index (χ1) is 10.4. The molecule has 2 rings (SSSR count). The summed E-state index contributed by atoms with van der Waals surface area (Å²) in [6, 6.07) is 12.6. The molecule has 0 aliphatic heterocycles. The lowest BCUT2D eigenvalue weighted by Gasteiger charge is -2.15. The molecule has 0 aliphatic carbocycles. The predicted molar refractivity (Wildman–Crippen MR) is 96.2 cm³/mol. The number of aliphatic imine (C=N–C) groups is 1. The summed E-state index contributed by atoms with van der Waals surface area (Å²) in [5.41, 5.74) is 13.3. The van der Waals surface area contributed by atoms with Crippen molar-refractivity contribution in [2.24, 2.45) is 10.7 Å². The van der Waals surface area contributed by atoms with Crippen molar-refractivity contribution in [1.82, 2.24) is 0 Å². The molecule has 0 amide bonds. The molecule has 0 aromatic heterocycles. The smallest absolute Gasteiger partial charge is 0.131 e. The Morgan fingerprint density at radius 2 is 1.68 bits per heavy atom. The first kappa shape index (κ1) is 16.3. The highest BCUT2D eigenvalue weighted by molar-refractivity contribution is 6.00. The van der Waals surface area contributed by atoms with E-state index in [0.29, 0.717) is 11.8 Å². The molecule has 1 atom stereocenters. The van der Waals surface area contributed by atoms with Crippen LogP contribution in [0, 0.1) is 20.8 Å². The Morgan fingerprint density at radius 1 is 1.09 bits per heavy atom. The molecule has 2 nitrogen and oxygen atoms in total. The first-order valence-corrected chi connectivity index (χ1v) is 7.95. The second kappa shape index (κ2) is 6.78. The minimum Gasteiger partial charge on any atom is -0.383 e. The van der Waals surface area contributed by atoms with Crippen molar-refractivity contribution in [3.8, 4) is 0 Å². The lowest BCUT2D eigenvalue weighted by Crippen LogP contribution is -2.16. The van der Waals surface area contributed by atoms with Crippen molar-refractivity contribution in [1.29, 1.82) is 0 Å². The van der Waals surface area contributed by atoms with E-state index in [1.807, 2.05) is 6.07 Å². The van der Waals surface area contributed by atoms with Crippen LogP contribution in [-0.4, -0.2) is 5.84 Å². The molecule has 116 valence electrons. The van der Waals surface area contributed by atoms with Gasteiger partial charge >= 0.3 is 0 Å². The number of aryl methyl sites for hydroxylation is 3. The monoisotopic (exact) mass is 294 g/mol. The zero-order valence-corrected chi connectivity index (χ0v) is 14.3. The van der Waals surface area contributed by atoms with Crippen molar-refractivity contribution in [3.05, 3.63) is 64.2 Å². The van der Waals surface area contributed by atoms with E-state index < -0.39 is 0 Å². The highest BCUT2D eigenvalue weighted by atomic mass is 14.9. The van der Waals surface area contributed by atoms with Gasteiger partial charge in [-0.15, -0.1) is 0 Å². The molecule has 2 heteroatoms. The van der Waals surface area contributed by atoms with Gasteiger partial charge in [-0.05, 0) is 49.8 Å². The van der Waals surface area contributed by atoms with Crippen molar-refractivity contribution in [2.45, 2.75) is 47.0 Å². The third kappa shape index (κ3) is 3.38. The Morgan fingerprint density at radius 3 is 2.27 bits per heavy atom. The predicted octanol–water partition coefficient (Wildman–Crippen LogP) is 5.16. The van der Waals surface area contributed by atoms with Crippen LogP contribution in [0.3, 0.4) is 0 Å². The maximum absolute atomic E-state index is 6.35. The number of rotatable bonds is 4. The maximum atomic E-state index is 6.35. The molecule has 0 radical (unpaired) electrons. The van der Waals surface area contributed by atoms with Crippen molar-refractivity contribution >= 4 is 11.5 Å². The average Bonchev–Trinajstić information content (AvgIpc) is 2.49. The van der Waals surface area contributed by atoms with Gasteiger partial charge < -0.3 is 5.73 Å². The van der Waals surface area contributed by atoms with Crippen molar-refractivity contribution in [2.75, 3.05) is 0 Å². The molecule has 0 saturated carbocycles. The van der Waals surface area contributed by atoms with Gasteiger partial charge in [0, 0.05) is 5.56 Å². The van der Waals surface area contributed by atoms with Crippen LogP contribution in [-0.2, 0) is 0 Å². The number of amidine groups is 1. The summed E-state index contributed by atoms with van der Waals surface area (Å²) in [5.74, 6) is 1.08. The molecule has 2 aromatic rings. The van der Waals surface area contributed by atoms with Crippen LogP contribution in [0.5, 0.6) is 0 Å². The van der Waals surface area contributed by atoms with Gasteiger partial charge in [0.05, 0.1) is 5.69 Å². The fourth-order valence-corrected chi connectivity index (χ4v) is 2.91. The van der Waals surface area contributed by atoms with Crippen LogP contribution < -0.4 is 5.73 Å². The molecular formula is C20H26N2. The first-order valence-electron chi connectivity index (χ1n) is 7.95. The maximum Gasteiger partial charge on any atom is 0.131 e. The molecule has 0 saturated heterocycles. The lowest BCUT2D eigenvalue weighted by molar-refractivity contribution is 0.732. The van der Waals surface area contributed by atoms with Gasteiger partial charge in [0.25, 0.3) is 0 Å². The summed E-state index contributed by atoms with van der Waals surface area (Å²) in [5, 5.41) is 0. The van der Waals surface area contributed by atoms with Gasteiger partial charge in [0.15, 0.2) is 0 Å². The Hall–Kier alpha value is -2.09. The Labute approximate surface area is 134 Å². The Bertz CT molecular complexity index is 676. The van der Waals surface area contributed by atoms with Crippen molar-refractivity contribution in [3.63, 3.8) is 0 Å². The van der Waals surface area contributed by atoms with Crippen molar-refractivity contribution < 1.29 is 0 Å². The SMILES string of the molecule is CCC(C)c1ccccc1C(N)=Nc1c(C)cc(C)cc1C. The van der Waals surface area contributed by atoms with Crippen LogP contribution in [0.25, 0.3) is 0 Å². The second-order valence-corrected chi connectivity index (χ2v) is 6.14. The van der Waals surface area contributed by atoms with E-state index in [-0.39, 0.29) is 0 Å². The summed E-state index contributed by atoms with van der Waals surface area (Å²) in [6.07, 6.45) is 1.09. The highest BCUT2D eigenvalue weighted by Gasteiger charge is 2.12. The van der Waals surface area contributed by atoms with E-state index in [0.717, 1.165) is 17.7 Å². The molecule has 0 bridgehead atoms. The molecule has 0 heterocycles. The summed E-state index contributed by atoms with van der Waals surface area (Å²) >= 11 is 0. The van der Waals surface area contributed by atoms with Crippen LogP contribution in [0.15, 0.2) is 41.4 Å². The number of hydrogen-bond acceptors (Lipinski definition) is 1. The fourth-order valence-electron chi connectivity index (χ4n) is 2.91. The minimum atomic E-state index is 0.477. The molecule has 2 N–H and O–H groups in total.